The van der Waals surface area contributed by atoms with Crippen LogP contribution in [0.15, 0.2) is 107 Å². The molecular weight excluding hydrogens is 857 g/mol. The molecule has 0 radical (unpaired) electrons. The molecule has 2 heterocycles. The molecule has 23 heteroatoms. The molecule has 21 nitrogen and oxygen atoms in total. The lowest BCUT2D eigenvalue weighted by atomic mass is 10.1. The molecule has 0 saturated heterocycles. The second kappa shape index (κ2) is 21.8. The van der Waals surface area contributed by atoms with Crippen LogP contribution in [-0.4, -0.2) is 108 Å². The van der Waals surface area contributed by atoms with E-state index >= 15 is 0 Å². The summed E-state index contributed by atoms with van der Waals surface area (Å²) in [6, 6.07) is 26.4. The molecule has 330 valence electrons. The van der Waals surface area contributed by atoms with Gasteiger partial charge in [-0.25, -0.2) is 0 Å². The van der Waals surface area contributed by atoms with Crippen molar-refractivity contribution in [2.75, 3.05) is 78.5 Å². The van der Waals surface area contributed by atoms with Crippen LogP contribution in [0, 0.1) is 0 Å². The molecule has 0 unspecified atom stereocenters. The van der Waals surface area contributed by atoms with Gasteiger partial charge < -0.3 is 46.5 Å². The van der Waals surface area contributed by atoms with E-state index in [0.717, 1.165) is 12.1 Å². The lowest BCUT2D eigenvalue weighted by molar-refractivity contribution is 0.0331. The minimum atomic E-state index is -4.85. The van der Waals surface area contributed by atoms with E-state index in [-0.39, 0.29) is 71.4 Å². The van der Waals surface area contributed by atoms with Crippen molar-refractivity contribution in [3.63, 3.8) is 0 Å². The summed E-state index contributed by atoms with van der Waals surface area (Å²) < 4.78 is 81.8. The van der Waals surface area contributed by atoms with Gasteiger partial charge in [0, 0.05) is 42.9 Å². The van der Waals surface area contributed by atoms with E-state index in [4.69, 9.17) is 14.6 Å². The number of ether oxygens (including phenoxy) is 2. The van der Waals surface area contributed by atoms with Crippen molar-refractivity contribution in [2.45, 2.75) is 16.2 Å². The highest BCUT2D eigenvalue weighted by Gasteiger charge is 2.19. The number of aliphatic hydroxyl groups excluding tert-OH is 1. The number of rotatable bonds is 23. The minimum absolute atomic E-state index is 0.00757. The Morgan fingerprint density at radius 2 is 0.937 bits per heavy atom. The smallest absolute Gasteiger partial charge is 0.295 e. The molecular formula is C40H44N12O9S2. The second-order valence-electron chi connectivity index (χ2n) is 13.1. The standard InChI is InChI=1S/C40H44N12O9S2/c1-41-35-47-37(43-29-9-4-2-5-10-29)51-39(48-35)45-31-17-15-27(33(25-31)62(54,55)56)13-14-28-16-18-32(26-34(28)63(57,58)59)46-40-50-36(42-19-8-21-60-23-24-61-22-20-53)49-38(52-40)44-30-11-6-3-7-12-30/h2-7,9-18,25-26,53H,8,19-24H2,1H3,(H,54,55,56)(H,57,58,59)(H3,41,43,45,47,48,51)(H3,42,44,46,49,50,52)/b14-13+. The third-order valence-electron chi connectivity index (χ3n) is 8.45. The number of aromatic nitrogens is 6. The Morgan fingerprint density at radius 1 is 0.524 bits per heavy atom. The molecule has 63 heavy (non-hydrogen) atoms. The third-order valence-corrected chi connectivity index (χ3v) is 10.3. The second-order valence-corrected chi connectivity index (χ2v) is 15.9. The van der Waals surface area contributed by atoms with Gasteiger partial charge in [-0.05, 0) is 66.1 Å². The SMILES string of the molecule is CNc1nc(Nc2ccccc2)nc(Nc2ccc(/C=C/c3ccc(Nc4nc(NCCCOCCOCCO)nc(Nc5ccccc5)n4)cc3S(=O)(=O)O)c(S(=O)(=O)O)c2)n1. The van der Waals surface area contributed by atoms with Crippen molar-refractivity contribution in [3.05, 3.63) is 108 Å². The monoisotopic (exact) mass is 900 g/mol. The number of para-hydroxylation sites is 2. The zero-order valence-corrected chi connectivity index (χ0v) is 35.3. The molecule has 0 atom stereocenters. The molecule has 0 bridgehead atoms. The Kier molecular flexibility index (Phi) is 15.8. The highest BCUT2D eigenvalue weighted by molar-refractivity contribution is 7.86. The van der Waals surface area contributed by atoms with Crippen LogP contribution in [0.25, 0.3) is 12.2 Å². The molecule has 0 amide bonds. The Hall–Kier alpha value is -6.86. The van der Waals surface area contributed by atoms with E-state index in [2.05, 4.69) is 61.8 Å². The topological polar surface area (TPSA) is 297 Å². The quantitative estimate of drug-likeness (QED) is 0.0216. The number of benzene rings is 4. The van der Waals surface area contributed by atoms with E-state index in [9.17, 15) is 25.9 Å². The number of hydrogen-bond donors (Lipinski definition) is 9. The van der Waals surface area contributed by atoms with Crippen molar-refractivity contribution >= 4 is 90.8 Å². The molecule has 4 aromatic carbocycles. The molecule has 2 aromatic heterocycles. The fourth-order valence-electron chi connectivity index (χ4n) is 5.61. The van der Waals surface area contributed by atoms with Crippen molar-refractivity contribution in [1.82, 2.24) is 29.9 Å². The summed E-state index contributed by atoms with van der Waals surface area (Å²) in [5.74, 6) is 0.857. The summed E-state index contributed by atoms with van der Waals surface area (Å²) in [5.41, 5.74) is 1.76. The minimum Gasteiger partial charge on any atom is -0.394 e. The van der Waals surface area contributed by atoms with E-state index in [0.29, 0.717) is 44.2 Å². The van der Waals surface area contributed by atoms with Crippen LogP contribution >= 0.6 is 0 Å². The van der Waals surface area contributed by atoms with E-state index in [1.807, 2.05) is 60.7 Å². The van der Waals surface area contributed by atoms with Gasteiger partial charge in [-0.1, -0.05) is 60.7 Å². The van der Waals surface area contributed by atoms with Crippen molar-refractivity contribution < 1.29 is 40.5 Å². The molecule has 6 aromatic rings. The zero-order chi connectivity index (χ0) is 44.7. The first-order valence-electron chi connectivity index (χ1n) is 19.2. The van der Waals surface area contributed by atoms with Crippen molar-refractivity contribution in [1.29, 1.82) is 0 Å². The van der Waals surface area contributed by atoms with Gasteiger partial charge in [0.15, 0.2) is 0 Å². The molecule has 0 aliphatic heterocycles. The van der Waals surface area contributed by atoms with Crippen LogP contribution in [0.5, 0.6) is 0 Å². The number of hydrogen-bond acceptors (Lipinski definition) is 19. The Labute approximate surface area is 363 Å². The number of nitrogens with one attached hydrogen (secondary N) is 6. The molecule has 0 spiro atoms. The molecule has 0 saturated carbocycles. The lowest BCUT2D eigenvalue weighted by Gasteiger charge is -2.13. The van der Waals surface area contributed by atoms with Gasteiger partial charge in [-0.2, -0.15) is 46.7 Å². The summed E-state index contributed by atoms with van der Waals surface area (Å²) in [4.78, 5) is 25.2. The lowest BCUT2D eigenvalue weighted by Crippen LogP contribution is -2.13. The van der Waals surface area contributed by atoms with Crippen molar-refractivity contribution in [2.24, 2.45) is 0 Å². The van der Waals surface area contributed by atoms with Crippen LogP contribution in [0.4, 0.5) is 58.4 Å². The van der Waals surface area contributed by atoms with Crippen LogP contribution in [0.1, 0.15) is 17.5 Å². The molecule has 0 fully saturated rings. The molecule has 0 aliphatic carbocycles. The maximum absolute atomic E-state index is 12.7. The van der Waals surface area contributed by atoms with Crippen LogP contribution in [0.2, 0.25) is 0 Å². The average Bonchev–Trinajstić information content (AvgIpc) is 3.25. The Bertz CT molecular complexity index is 2720. The normalized spacial score (nSPS) is 11.6. The summed E-state index contributed by atoms with van der Waals surface area (Å²) in [6.45, 7) is 1.78. The fraction of sp³-hybridized carbons (Fsp3) is 0.200. The maximum atomic E-state index is 12.7. The summed E-state index contributed by atoms with van der Waals surface area (Å²) in [6.07, 6.45) is 3.15. The Morgan fingerprint density at radius 3 is 1.37 bits per heavy atom. The molecule has 6 rings (SSSR count). The number of aliphatic hydroxyl groups is 1. The molecule has 9 N–H and O–H groups in total. The van der Waals surface area contributed by atoms with E-state index in [1.54, 1.807) is 7.05 Å². The first-order chi connectivity index (χ1) is 30.4. The van der Waals surface area contributed by atoms with E-state index in [1.165, 1.54) is 36.4 Å². The first-order valence-corrected chi connectivity index (χ1v) is 22.0. The Balaban J connectivity index is 1.21. The summed E-state index contributed by atoms with van der Waals surface area (Å²) in [7, 11) is -8.06. The van der Waals surface area contributed by atoms with Crippen molar-refractivity contribution in [3.8, 4) is 0 Å². The molecule has 0 aliphatic rings. The predicted molar refractivity (Wildman–Crippen MR) is 238 cm³/mol. The van der Waals surface area contributed by atoms with Gasteiger partial charge in [-0.3, -0.25) is 9.11 Å². The van der Waals surface area contributed by atoms with Gasteiger partial charge in [0.05, 0.1) is 26.4 Å². The fourth-order valence-corrected chi connectivity index (χ4v) is 7.03. The van der Waals surface area contributed by atoms with E-state index < -0.39 is 30.0 Å². The largest absolute Gasteiger partial charge is 0.394 e. The van der Waals surface area contributed by atoms with Gasteiger partial charge in [0.1, 0.15) is 9.79 Å². The van der Waals surface area contributed by atoms with Gasteiger partial charge in [0.25, 0.3) is 20.2 Å². The summed E-state index contributed by atoms with van der Waals surface area (Å²) in [5, 5.41) is 26.8. The number of nitrogens with zero attached hydrogens (tertiary/aromatic N) is 6. The van der Waals surface area contributed by atoms with Gasteiger partial charge >= 0.3 is 0 Å². The van der Waals surface area contributed by atoms with Gasteiger partial charge in [-0.15, -0.1) is 0 Å². The maximum Gasteiger partial charge on any atom is 0.295 e. The summed E-state index contributed by atoms with van der Waals surface area (Å²) >= 11 is 0. The average molecular weight is 901 g/mol. The highest BCUT2D eigenvalue weighted by Crippen LogP contribution is 2.29. The van der Waals surface area contributed by atoms with Crippen LogP contribution < -0.4 is 31.9 Å². The predicted octanol–water partition coefficient (Wildman–Crippen LogP) is 5.56. The third kappa shape index (κ3) is 14.1. The highest BCUT2D eigenvalue weighted by atomic mass is 32.2. The van der Waals surface area contributed by atoms with Gasteiger partial charge in [0.2, 0.25) is 35.7 Å². The van der Waals surface area contributed by atoms with Crippen LogP contribution in [-0.2, 0) is 29.7 Å². The first kappa shape index (κ1) is 45.7. The van der Waals surface area contributed by atoms with Crippen LogP contribution in [0.3, 0.4) is 0 Å². The zero-order valence-electron chi connectivity index (χ0n) is 33.6. The number of anilines is 10.